The smallest absolute Gasteiger partial charge is 0.321 e. The molecule has 0 saturated carbocycles. The Morgan fingerprint density at radius 2 is 1.81 bits per heavy atom. The van der Waals surface area contributed by atoms with Crippen LogP contribution in [0.15, 0.2) is 54.6 Å². The van der Waals surface area contributed by atoms with E-state index in [2.05, 4.69) is 10.3 Å². The first-order chi connectivity index (χ1) is 12.8. The number of hydrogen-bond acceptors (Lipinski definition) is 3. The summed E-state index contributed by atoms with van der Waals surface area (Å²) in [6.45, 7) is 0. The number of hydrogen-bond donors (Lipinski definition) is 1. The lowest BCUT2D eigenvalue weighted by molar-refractivity contribution is -0.137. The fraction of sp³-hybridized carbons (Fsp3) is 0.0526. The van der Waals surface area contributed by atoms with Crippen LogP contribution in [0.5, 0.6) is 0 Å². The first-order valence-electron chi connectivity index (χ1n) is 7.79. The van der Waals surface area contributed by atoms with Crippen LogP contribution in [0.25, 0.3) is 21.1 Å². The van der Waals surface area contributed by atoms with E-state index in [0.717, 1.165) is 28.4 Å². The Labute approximate surface area is 160 Å². The van der Waals surface area contributed by atoms with Crippen molar-refractivity contribution in [2.45, 2.75) is 6.18 Å². The zero-order valence-corrected chi connectivity index (χ0v) is 15.0. The summed E-state index contributed by atoms with van der Waals surface area (Å²) < 4.78 is 38.9. The second-order valence-electron chi connectivity index (χ2n) is 5.83. The molecule has 27 heavy (non-hydrogen) atoms. The molecule has 2 aromatic heterocycles. The van der Waals surface area contributed by atoms with Crippen molar-refractivity contribution in [2.24, 2.45) is 0 Å². The molecule has 4 aromatic rings. The van der Waals surface area contributed by atoms with Gasteiger partial charge in [0.15, 0.2) is 0 Å². The molecule has 0 aliphatic rings. The lowest BCUT2D eigenvalue weighted by atomic mass is 10.2. The highest BCUT2D eigenvalue weighted by molar-refractivity contribution is 7.20. The van der Waals surface area contributed by atoms with Crippen LogP contribution in [0.4, 0.5) is 18.9 Å². The minimum Gasteiger partial charge on any atom is -0.321 e. The molecular weight excluding hydrogens is 397 g/mol. The molecule has 0 aliphatic carbocycles. The average Bonchev–Trinajstić information content (AvgIpc) is 3.03. The van der Waals surface area contributed by atoms with Crippen LogP contribution in [-0.2, 0) is 6.18 Å². The maximum Gasteiger partial charge on any atom is 0.417 e. The van der Waals surface area contributed by atoms with Crippen molar-refractivity contribution in [2.75, 3.05) is 5.32 Å². The van der Waals surface area contributed by atoms with Gasteiger partial charge >= 0.3 is 6.18 Å². The van der Waals surface area contributed by atoms with E-state index in [1.165, 1.54) is 17.4 Å². The highest BCUT2D eigenvalue weighted by Crippen LogP contribution is 2.36. The van der Waals surface area contributed by atoms with E-state index >= 15 is 0 Å². The summed E-state index contributed by atoms with van der Waals surface area (Å²) in [5.41, 5.74) is -0.162. The number of nitrogens with one attached hydrogen (secondary N) is 1. The minimum atomic E-state index is -4.60. The summed E-state index contributed by atoms with van der Waals surface area (Å²) in [7, 11) is 0. The quantitative estimate of drug-likeness (QED) is 0.420. The van der Waals surface area contributed by atoms with Gasteiger partial charge in [-0.2, -0.15) is 13.2 Å². The first kappa shape index (κ1) is 17.8. The van der Waals surface area contributed by atoms with Gasteiger partial charge in [0.2, 0.25) is 0 Å². The minimum absolute atomic E-state index is 0.0206. The van der Waals surface area contributed by atoms with Gasteiger partial charge in [-0.25, -0.2) is 4.98 Å². The van der Waals surface area contributed by atoms with Crippen molar-refractivity contribution in [3.05, 3.63) is 70.1 Å². The molecule has 2 heterocycles. The monoisotopic (exact) mass is 406 g/mol. The summed E-state index contributed by atoms with van der Waals surface area (Å²) in [5, 5.41) is 3.82. The number of thiophene rings is 1. The van der Waals surface area contributed by atoms with Gasteiger partial charge in [0.1, 0.15) is 4.83 Å². The number of para-hydroxylation sites is 1. The lowest BCUT2D eigenvalue weighted by Gasteiger charge is -2.11. The number of nitrogens with zero attached hydrogens (tertiary/aromatic N) is 1. The van der Waals surface area contributed by atoms with Crippen LogP contribution < -0.4 is 5.32 Å². The van der Waals surface area contributed by atoms with Gasteiger partial charge in [0.25, 0.3) is 5.91 Å². The third-order valence-corrected chi connectivity index (χ3v) is 5.34. The van der Waals surface area contributed by atoms with Gasteiger partial charge in [0, 0.05) is 16.5 Å². The molecule has 136 valence electrons. The predicted octanol–water partition coefficient (Wildman–Crippen LogP) is 6.37. The number of carbonyl (C=O) groups excluding carboxylic acids is 1. The zero-order chi connectivity index (χ0) is 19.2. The Morgan fingerprint density at radius 3 is 2.59 bits per heavy atom. The van der Waals surface area contributed by atoms with E-state index < -0.39 is 22.7 Å². The second kappa shape index (κ2) is 6.51. The first-order valence-corrected chi connectivity index (χ1v) is 8.98. The Morgan fingerprint density at radius 1 is 1.04 bits per heavy atom. The van der Waals surface area contributed by atoms with Crippen molar-refractivity contribution in [1.29, 1.82) is 0 Å². The fourth-order valence-corrected chi connectivity index (χ4v) is 3.84. The number of aromatic nitrogens is 1. The molecule has 0 radical (unpaired) electrons. The molecular formula is C19H10ClF3N2OS. The summed E-state index contributed by atoms with van der Waals surface area (Å²) >= 11 is 6.78. The van der Waals surface area contributed by atoms with E-state index in [9.17, 15) is 18.0 Å². The molecule has 0 saturated heterocycles. The number of anilines is 1. The molecule has 0 spiro atoms. The van der Waals surface area contributed by atoms with E-state index in [-0.39, 0.29) is 5.69 Å². The fourth-order valence-electron chi connectivity index (χ4n) is 2.70. The molecule has 0 unspecified atom stereocenters. The number of amides is 1. The van der Waals surface area contributed by atoms with E-state index in [0.29, 0.717) is 9.71 Å². The van der Waals surface area contributed by atoms with Crippen LogP contribution in [0, 0.1) is 0 Å². The molecule has 0 bridgehead atoms. The summed E-state index contributed by atoms with van der Waals surface area (Å²) in [5.74, 6) is -0.502. The average molecular weight is 407 g/mol. The largest absolute Gasteiger partial charge is 0.417 e. The lowest BCUT2D eigenvalue weighted by Crippen LogP contribution is -2.12. The number of carbonyl (C=O) groups is 1. The molecule has 1 amide bonds. The molecule has 8 heteroatoms. The highest BCUT2D eigenvalue weighted by Gasteiger charge is 2.33. The van der Waals surface area contributed by atoms with Crippen molar-refractivity contribution in [3.8, 4) is 0 Å². The molecule has 0 fully saturated rings. The van der Waals surface area contributed by atoms with E-state index in [4.69, 9.17) is 11.6 Å². The second-order valence-corrected chi connectivity index (χ2v) is 7.27. The Kier molecular flexibility index (Phi) is 4.28. The van der Waals surface area contributed by atoms with Crippen LogP contribution in [0.2, 0.25) is 5.02 Å². The van der Waals surface area contributed by atoms with Gasteiger partial charge in [-0.05, 0) is 36.4 Å². The maximum atomic E-state index is 13.0. The van der Waals surface area contributed by atoms with Gasteiger partial charge in [-0.3, -0.25) is 4.79 Å². The van der Waals surface area contributed by atoms with Gasteiger partial charge in [-0.15, -0.1) is 11.3 Å². The van der Waals surface area contributed by atoms with Crippen LogP contribution in [0.3, 0.4) is 0 Å². The normalized spacial score (nSPS) is 11.9. The summed E-state index contributed by atoms with van der Waals surface area (Å²) in [6, 6.07) is 14.4. The van der Waals surface area contributed by atoms with Crippen molar-refractivity contribution >= 4 is 55.7 Å². The maximum absolute atomic E-state index is 13.0. The van der Waals surface area contributed by atoms with Gasteiger partial charge in [-0.1, -0.05) is 29.8 Å². The van der Waals surface area contributed by atoms with E-state index in [1.807, 2.05) is 30.3 Å². The molecule has 0 atom stereocenters. The van der Waals surface area contributed by atoms with Crippen molar-refractivity contribution in [3.63, 3.8) is 0 Å². The van der Waals surface area contributed by atoms with Crippen molar-refractivity contribution in [1.82, 2.24) is 4.98 Å². The predicted molar refractivity (Wildman–Crippen MR) is 102 cm³/mol. The number of fused-ring (bicyclic) bond motifs is 2. The SMILES string of the molecule is O=C(Nc1ccc(Cl)c(C(F)(F)F)c1)c1cc2cc3ccccc3nc2s1. The number of pyridine rings is 1. The molecule has 3 nitrogen and oxygen atoms in total. The number of halogens is 4. The third kappa shape index (κ3) is 3.48. The number of alkyl halides is 3. The van der Waals surface area contributed by atoms with Crippen molar-refractivity contribution < 1.29 is 18.0 Å². The Hall–Kier alpha value is -2.64. The molecule has 0 aliphatic heterocycles. The Balaban J connectivity index is 1.66. The van der Waals surface area contributed by atoms with Crippen LogP contribution >= 0.6 is 22.9 Å². The standard InChI is InChI=1S/C19H10ClF3N2OS/c20-14-6-5-12(9-13(14)19(21,22)23)24-17(26)16-8-11-7-10-3-1-2-4-15(10)25-18(11)27-16/h1-9H,(H,24,26). The summed E-state index contributed by atoms with van der Waals surface area (Å²) in [4.78, 5) is 18.0. The molecule has 4 rings (SSSR count). The topological polar surface area (TPSA) is 42.0 Å². The van der Waals surface area contributed by atoms with Gasteiger partial charge in [0.05, 0.1) is 21.0 Å². The number of rotatable bonds is 2. The van der Waals surface area contributed by atoms with Crippen LogP contribution in [0.1, 0.15) is 15.2 Å². The number of benzene rings is 2. The molecule has 2 aromatic carbocycles. The highest BCUT2D eigenvalue weighted by atomic mass is 35.5. The van der Waals surface area contributed by atoms with Crippen LogP contribution in [-0.4, -0.2) is 10.9 Å². The third-order valence-electron chi connectivity index (χ3n) is 3.96. The Bertz CT molecular complexity index is 1130. The summed E-state index contributed by atoms with van der Waals surface area (Å²) in [6.07, 6.45) is -4.60. The van der Waals surface area contributed by atoms with Gasteiger partial charge < -0.3 is 5.32 Å². The molecule has 1 N–H and O–H groups in total. The van der Waals surface area contributed by atoms with E-state index in [1.54, 1.807) is 6.07 Å². The zero-order valence-electron chi connectivity index (χ0n) is 13.5.